The van der Waals surface area contributed by atoms with Gasteiger partial charge in [0.25, 0.3) is 0 Å². The van der Waals surface area contributed by atoms with Gasteiger partial charge in [-0.3, -0.25) is 0 Å². The second-order valence-electron chi connectivity index (χ2n) is 4.70. The number of aromatic nitrogens is 2. The highest BCUT2D eigenvalue weighted by molar-refractivity contribution is 5.58. The number of benzene rings is 2. The summed E-state index contributed by atoms with van der Waals surface area (Å²) >= 11 is 0. The van der Waals surface area contributed by atoms with E-state index in [0.29, 0.717) is 16.9 Å². The Balaban J connectivity index is 1.96. The Morgan fingerprint density at radius 3 is 2.32 bits per heavy atom. The third-order valence-electron chi connectivity index (χ3n) is 3.17. The number of hydrogen-bond acceptors (Lipinski definition) is 1. The molecule has 2 nitrogen and oxygen atoms in total. The van der Waals surface area contributed by atoms with Crippen LogP contribution in [0.2, 0.25) is 0 Å². The summed E-state index contributed by atoms with van der Waals surface area (Å²) in [6.45, 7) is 0. The Morgan fingerprint density at radius 1 is 0.909 bits per heavy atom. The van der Waals surface area contributed by atoms with E-state index in [1.807, 2.05) is 0 Å². The zero-order valence-corrected chi connectivity index (χ0v) is 11.2. The Morgan fingerprint density at radius 2 is 1.64 bits per heavy atom. The Hall–Kier alpha value is -2.63. The van der Waals surface area contributed by atoms with Gasteiger partial charge in [0.15, 0.2) is 0 Å². The van der Waals surface area contributed by atoms with E-state index in [4.69, 9.17) is 0 Å². The van der Waals surface area contributed by atoms with Crippen molar-refractivity contribution < 1.29 is 17.6 Å². The summed E-state index contributed by atoms with van der Waals surface area (Å²) in [5, 5.41) is 4.23. The maximum Gasteiger partial charge on any atom is 0.416 e. The molecule has 0 atom stereocenters. The molecule has 22 heavy (non-hydrogen) atoms. The molecule has 0 aliphatic heterocycles. The SMILES string of the molecule is Fc1ccc(-c2ccn(-c3cccc(C(F)(F)F)c3)n2)cc1. The molecule has 0 fully saturated rings. The first-order valence-corrected chi connectivity index (χ1v) is 6.43. The molecule has 0 saturated carbocycles. The second-order valence-corrected chi connectivity index (χ2v) is 4.70. The summed E-state index contributed by atoms with van der Waals surface area (Å²) in [6.07, 6.45) is -2.84. The van der Waals surface area contributed by atoms with Gasteiger partial charge in [0, 0.05) is 11.8 Å². The highest BCUT2D eigenvalue weighted by atomic mass is 19.4. The van der Waals surface area contributed by atoms with Gasteiger partial charge < -0.3 is 0 Å². The van der Waals surface area contributed by atoms with Crippen LogP contribution >= 0.6 is 0 Å². The van der Waals surface area contributed by atoms with Gasteiger partial charge in [0.2, 0.25) is 0 Å². The predicted molar refractivity (Wildman–Crippen MR) is 74.0 cm³/mol. The van der Waals surface area contributed by atoms with Crippen LogP contribution in [0, 0.1) is 5.82 Å². The molecule has 3 aromatic rings. The molecule has 0 amide bonds. The van der Waals surface area contributed by atoms with Crippen molar-refractivity contribution in [2.75, 3.05) is 0 Å². The van der Waals surface area contributed by atoms with Crippen molar-refractivity contribution in [2.24, 2.45) is 0 Å². The quantitative estimate of drug-likeness (QED) is 0.628. The predicted octanol–water partition coefficient (Wildman–Crippen LogP) is 4.70. The number of hydrogen-bond donors (Lipinski definition) is 0. The van der Waals surface area contributed by atoms with Crippen molar-refractivity contribution >= 4 is 0 Å². The van der Waals surface area contributed by atoms with Crippen molar-refractivity contribution in [3.05, 3.63) is 72.2 Å². The summed E-state index contributed by atoms with van der Waals surface area (Å²) in [5.74, 6) is -0.360. The van der Waals surface area contributed by atoms with Crippen LogP contribution in [0.4, 0.5) is 17.6 Å². The molecule has 0 unspecified atom stereocenters. The van der Waals surface area contributed by atoms with E-state index in [0.717, 1.165) is 12.1 Å². The van der Waals surface area contributed by atoms with Gasteiger partial charge in [-0.05, 0) is 48.5 Å². The molecule has 0 aliphatic rings. The summed E-state index contributed by atoms with van der Waals surface area (Å²) in [7, 11) is 0. The van der Waals surface area contributed by atoms with Crippen molar-refractivity contribution in [1.82, 2.24) is 9.78 Å². The van der Waals surface area contributed by atoms with Crippen LogP contribution in [0.3, 0.4) is 0 Å². The molecule has 1 heterocycles. The average Bonchev–Trinajstić information content (AvgIpc) is 2.97. The van der Waals surface area contributed by atoms with Gasteiger partial charge >= 0.3 is 6.18 Å². The zero-order valence-electron chi connectivity index (χ0n) is 11.2. The molecule has 112 valence electrons. The smallest absolute Gasteiger partial charge is 0.240 e. The monoisotopic (exact) mass is 306 g/mol. The molecule has 0 aliphatic carbocycles. The van der Waals surface area contributed by atoms with Crippen LogP contribution in [0.15, 0.2) is 60.8 Å². The normalized spacial score (nSPS) is 11.6. The molecule has 6 heteroatoms. The molecule has 0 bridgehead atoms. The number of nitrogens with zero attached hydrogens (tertiary/aromatic N) is 2. The number of rotatable bonds is 2. The third-order valence-corrected chi connectivity index (χ3v) is 3.17. The molecule has 0 spiro atoms. The molecule has 0 saturated heterocycles. The van der Waals surface area contributed by atoms with Crippen molar-refractivity contribution in [3.63, 3.8) is 0 Å². The van der Waals surface area contributed by atoms with E-state index in [1.165, 1.54) is 28.9 Å². The maximum atomic E-state index is 12.9. The molecule has 1 aromatic heterocycles. The Kier molecular flexibility index (Phi) is 3.44. The first kappa shape index (κ1) is 14.3. The standard InChI is InChI=1S/C16H10F4N2/c17-13-6-4-11(5-7-13)15-8-9-22(21-15)14-3-1-2-12(10-14)16(18,19)20/h1-10H. The minimum atomic E-state index is -4.40. The number of halogens is 4. The molecule has 2 aromatic carbocycles. The fourth-order valence-corrected chi connectivity index (χ4v) is 2.07. The highest BCUT2D eigenvalue weighted by Crippen LogP contribution is 2.30. The number of alkyl halides is 3. The van der Waals surface area contributed by atoms with Gasteiger partial charge in [0.05, 0.1) is 16.9 Å². The topological polar surface area (TPSA) is 17.8 Å². The molecule has 0 N–H and O–H groups in total. The molecular formula is C16H10F4N2. The van der Waals surface area contributed by atoms with Gasteiger partial charge in [-0.2, -0.15) is 18.3 Å². The minimum absolute atomic E-state index is 0.309. The average molecular weight is 306 g/mol. The van der Waals surface area contributed by atoms with E-state index in [9.17, 15) is 17.6 Å². The summed E-state index contributed by atoms with van der Waals surface area (Å²) < 4.78 is 52.4. The summed E-state index contributed by atoms with van der Waals surface area (Å²) in [4.78, 5) is 0. The van der Waals surface area contributed by atoms with Gasteiger partial charge in [-0.1, -0.05) is 6.07 Å². The molecular weight excluding hydrogens is 296 g/mol. The summed E-state index contributed by atoms with van der Waals surface area (Å²) in [6, 6.07) is 12.3. The van der Waals surface area contributed by atoms with Gasteiger partial charge in [-0.25, -0.2) is 9.07 Å². The van der Waals surface area contributed by atoms with E-state index >= 15 is 0 Å². The van der Waals surface area contributed by atoms with Crippen LogP contribution < -0.4 is 0 Å². The van der Waals surface area contributed by atoms with Crippen LogP contribution in [0.5, 0.6) is 0 Å². The highest BCUT2D eigenvalue weighted by Gasteiger charge is 2.30. The van der Waals surface area contributed by atoms with Gasteiger partial charge in [-0.15, -0.1) is 0 Å². The second kappa shape index (κ2) is 5.29. The lowest BCUT2D eigenvalue weighted by molar-refractivity contribution is -0.137. The fourth-order valence-electron chi connectivity index (χ4n) is 2.07. The molecule has 3 rings (SSSR count). The molecule has 0 radical (unpaired) electrons. The van der Waals surface area contributed by atoms with E-state index in [1.54, 1.807) is 24.4 Å². The van der Waals surface area contributed by atoms with Crippen molar-refractivity contribution in [3.8, 4) is 16.9 Å². The van der Waals surface area contributed by atoms with Crippen LogP contribution in [0.25, 0.3) is 16.9 Å². The lowest BCUT2D eigenvalue weighted by Crippen LogP contribution is -2.06. The van der Waals surface area contributed by atoms with Crippen LogP contribution in [-0.2, 0) is 6.18 Å². The third kappa shape index (κ3) is 2.86. The van der Waals surface area contributed by atoms with E-state index in [2.05, 4.69) is 5.10 Å². The van der Waals surface area contributed by atoms with E-state index < -0.39 is 11.7 Å². The Labute approximate surface area is 123 Å². The fraction of sp³-hybridized carbons (Fsp3) is 0.0625. The maximum absolute atomic E-state index is 12.9. The lowest BCUT2D eigenvalue weighted by Gasteiger charge is -2.08. The van der Waals surface area contributed by atoms with E-state index in [-0.39, 0.29) is 5.82 Å². The first-order valence-electron chi connectivity index (χ1n) is 6.43. The minimum Gasteiger partial charge on any atom is -0.240 e. The summed E-state index contributed by atoms with van der Waals surface area (Å²) in [5.41, 5.74) is 0.816. The lowest BCUT2D eigenvalue weighted by atomic mass is 10.1. The largest absolute Gasteiger partial charge is 0.416 e. The van der Waals surface area contributed by atoms with Crippen LogP contribution in [0.1, 0.15) is 5.56 Å². The van der Waals surface area contributed by atoms with Crippen molar-refractivity contribution in [2.45, 2.75) is 6.18 Å². The Bertz CT molecular complexity index is 788. The van der Waals surface area contributed by atoms with Gasteiger partial charge in [0.1, 0.15) is 5.82 Å². The first-order chi connectivity index (χ1) is 10.4. The zero-order chi connectivity index (χ0) is 15.7. The van der Waals surface area contributed by atoms with Crippen LogP contribution in [-0.4, -0.2) is 9.78 Å². The van der Waals surface area contributed by atoms with Crippen molar-refractivity contribution in [1.29, 1.82) is 0 Å².